The zero-order valence-electron chi connectivity index (χ0n) is 11.8. The SMILES string of the molecule is CC(C)C(C)(C#N)NC(=O)CN1CCNC[C@H]1C. The molecule has 0 saturated carbocycles. The quantitative estimate of drug-likeness (QED) is 0.757. The molecule has 0 aromatic heterocycles. The Balaban J connectivity index is 2.53. The number of carbonyl (C=O) groups excluding carboxylic acids is 1. The van der Waals surface area contributed by atoms with E-state index in [1.165, 1.54) is 0 Å². The topological polar surface area (TPSA) is 68.2 Å². The first-order valence-electron chi connectivity index (χ1n) is 6.56. The van der Waals surface area contributed by atoms with Crippen molar-refractivity contribution in [2.24, 2.45) is 5.92 Å². The van der Waals surface area contributed by atoms with Crippen LogP contribution in [0, 0.1) is 17.2 Å². The Kier molecular flexibility index (Phi) is 5.12. The molecule has 2 atom stereocenters. The maximum absolute atomic E-state index is 12.0. The van der Waals surface area contributed by atoms with Crippen molar-refractivity contribution in [1.82, 2.24) is 15.5 Å². The molecular weight excluding hydrogens is 228 g/mol. The van der Waals surface area contributed by atoms with Gasteiger partial charge in [0.1, 0.15) is 5.54 Å². The Morgan fingerprint density at radius 1 is 1.67 bits per heavy atom. The smallest absolute Gasteiger partial charge is 0.235 e. The molecule has 1 heterocycles. The zero-order chi connectivity index (χ0) is 13.8. The summed E-state index contributed by atoms with van der Waals surface area (Å²) < 4.78 is 0. The van der Waals surface area contributed by atoms with Gasteiger partial charge < -0.3 is 10.6 Å². The first-order chi connectivity index (χ1) is 8.39. The summed E-state index contributed by atoms with van der Waals surface area (Å²) >= 11 is 0. The van der Waals surface area contributed by atoms with Gasteiger partial charge in [0.15, 0.2) is 0 Å². The molecule has 2 N–H and O–H groups in total. The fourth-order valence-electron chi connectivity index (χ4n) is 1.93. The van der Waals surface area contributed by atoms with E-state index in [1.54, 1.807) is 6.92 Å². The van der Waals surface area contributed by atoms with Crippen LogP contribution in [0.3, 0.4) is 0 Å². The molecule has 18 heavy (non-hydrogen) atoms. The van der Waals surface area contributed by atoms with E-state index in [1.807, 2.05) is 13.8 Å². The summed E-state index contributed by atoms with van der Waals surface area (Å²) in [5.41, 5.74) is -0.783. The first kappa shape index (κ1) is 14.9. The maximum Gasteiger partial charge on any atom is 0.235 e. The Hall–Kier alpha value is -1.12. The number of nitrogens with zero attached hydrogens (tertiary/aromatic N) is 2. The van der Waals surface area contributed by atoms with Gasteiger partial charge >= 0.3 is 0 Å². The summed E-state index contributed by atoms with van der Waals surface area (Å²) in [5, 5.41) is 15.3. The van der Waals surface area contributed by atoms with Crippen LogP contribution in [0.4, 0.5) is 0 Å². The van der Waals surface area contributed by atoms with Crippen molar-refractivity contribution in [2.75, 3.05) is 26.2 Å². The second-order valence-electron chi connectivity index (χ2n) is 5.54. The van der Waals surface area contributed by atoms with E-state index in [2.05, 4.69) is 28.5 Å². The van der Waals surface area contributed by atoms with Crippen LogP contribution in [0.2, 0.25) is 0 Å². The molecule has 0 aromatic carbocycles. The van der Waals surface area contributed by atoms with E-state index in [0.717, 1.165) is 19.6 Å². The monoisotopic (exact) mass is 252 g/mol. The van der Waals surface area contributed by atoms with Gasteiger partial charge in [-0.1, -0.05) is 13.8 Å². The van der Waals surface area contributed by atoms with Crippen molar-refractivity contribution in [3.05, 3.63) is 0 Å². The number of hydrogen-bond acceptors (Lipinski definition) is 4. The lowest BCUT2D eigenvalue weighted by molar-refractivity contribution is -0.124. The van der Waals surface area contributed by atoms with Crippen molar-refractivity contribution in [3.8, 4) is 6.07 Å². The molecule has 102 valence electrons. The van der Waals surface area contributed by atoms with Gasteiger partial charge in [0.2, 0.25) is 5.91 Å². The Bertz CT molecular complexity index is 336. The van der Waals surface area contributed by atoms with Crippen molar-refractivity contribution in [2.45, 2.75) is 39.3 Å². The summed E-state index contributed by atoms with van der Waals surface area (Å²) in [6, 6.07) is 2.55. The standard InChI is InChI=1S/C13H24N4O/c1-10(2)13(4,9-14)16-12(18)8-17-6-5-15-7-11(17)3/h10-11,15H,5-8H2,1-4H3,(H,16,18)/t11-,13?/m1/s1. The molecule has 1 rings (SSSR count). The highest BCUT2D eigenvalue weighted by molar-refractivity contribution is 5.79. The predicted octanol–water partition coefficient (Wildman–Crippen LogP) is 0.335. The maximum atomic E-state index is 12.0. The van der Waals surface area contributed by atoms with Crippen molar-refractivity contribution >= 4 is 5.91 Å². The van der Waals surface area contributed by atoms with Gasteiger partial charge in [-0.05, 0) is 19.8 Å². The first-order valence-corrected chi connectivity index (χ1v) is 6.56. The predicted molar refractivity (Wildman–Crippen MR) is 70.9 cm³/mol. The minimum Gasteiger partial charge on any atom is -0.337 e. The number of nitrogens with one attached hydrogen (secondary N) is 2. The molecule has 0 aliphatic carbocycles. The van der Waals surface area contributed by atoms with Crippen LogP contribution in [-0.2, 0) is 4.79 Å². The number of amides is 1. The van der Waals surface area contributed by atoms with Crippen LogP contribution in [-0.4, -0.2) is 48.6 Å². The molecule has 1 fully saturated rings. The molecule has 0 aromatic rings. The minimum atomic E-state index is -0.783. The normalized spacial score (nSPS) is 24.3. The summed E-state index contributed by atoms with van der Waals surface area (Å²) in [6.07, 6.45) is 0. The lowest BCUT2D eigenvalue weighted by Gasteiger charge is -2.34. The van der Waals surface area contributed by atoms with Crippen molar-refractivity contribution < 1.29 is 4.79 Å². The molecule has 0 radical (unpaired) electrons. The average Bonchev–Trinajstić information content (AvgIpc) is 2.31. The van der Waals surface area contributed by atoms with E-state index in [4.69, 9.17) is 0 Å². The van der Waals surface area contributed by atoms with Crippen LogP contribution in [0.15, 0.2) is 0 Å². The highest BCUT2D eigenvalue weighted by Crippen LogP contribution is 2.15. The van der Waals surface area contributed by atoms with E-state index >= 15 is 0 Å². The van der Waals surface area contributed by atoms with Crippen LogP contribution in [0.5, 0.6) is 0 Å². The Morgan fingerprint density at radius 3 is 2.83 bits per heavy atom. The van der Waals surface area contributed by atoms with E-state index in [9.17, 15) is 10.1 Å². The molecule has 0 bridgehead atoms. The number of hydrogen-bond donors (Lipinski definition) is 2. The Labute approximate surface area is 110 Å². The fourth-order valence-corrected chi connectivity index (χ4v) is 1.93. The minimum absolute atomic E-state index is 0.0681. The number of nitriles is 1. The molecule has 1 saturated heterocycles. The third-order valence-corrected chi connectivity index (χ3v) is 3.77. The molecular formula is C13H24N4O. The summed E-state index contributed by atoms with van der Waals surface area (Å²) in [6.45, 7) is 10.8. The lowest BCUT2D eigenvalue weighted by Crippen LogP contribution is -2.56. The van der Waals surface area contributed by atoms with Gasteiger partial charge in [0, 0.05) is 25.7 Å². The van der Waals surface area contributed by atoms with Crippen LogP contribution >= 0.6 is 0 Å². The number of piperazine rings is 1. The summed E-state index contributed by atoms with van der Waals surface area (Å²) in [4.78, 5) is 14.2. The average molecular weight is 252 g/mol. The molecule has 1 aliphatic rings. The molecule has 5 nitrogen and oxygen atoms in total. The second-order valence-corrected chi connectivity index (χ2v) is 5.54. The van der Waals surface area contributed by atoms with Gasteiger partial charge in [0.05, 0.1) is 12.6 Å². The van der Waals surface area contributed by atoms with Crippen molar-refractivity contribution in [1.29, 1.82) is 5.26 Å². The van der Waals surface area contributed by atoms with Gasteiger partial charge in [-0.3, -0.25) is 9.69 Å². The highest BCUT2D eigenvalue weighted by atomic mass is 16.2. The largest absolute Gasteiger partial charge is 0.337 e. The van der Waals surface area contributed by atoms with Gasteiger partial charge in [0.25, 0.3) is 0 Å². The van der Waals surface area contributed by atoms with E-state index in [-0.39, 0.29) is 11.8 Å². The summed E-state index contributed by atoms with van der Waals surface area (Å²) in [7, 11) is 0. The van der Waals surface area contributed by atoms with Crippen LogP contribution in [0.25, 0.3) is 0 Å². The molecule has 1 amide bonds. The third kappa shape index (κ3) is 3.69. The molecule has 1 unspecified atom stereocenters. The Morgan fingerprint density at radius 2 is 2.33 bits per heavy atom. The van der Waals surface area contributed by atoms with Gasteiger partial charge in [-0.25, -0.2) is 0 Å². The van der Waals surface area contributed by atoms with Gasteiger partial charge in [-0.2, -0.15) is 5.26 Å². The van der Waals surface area contributed by atoms with Crippen LogP contribution < -0.4 is 10.6 Å². The number of carbonyl (C=O) groups is 1. The van der Waals surface area contributed by atoms with Gasteiger partial charge in [-0.15, -0.1) is 0 Å². The highest BCUT2D eigenvalue weighted by Gasteiger charge is 2.31. The molecule has 1 aliphatic heterocycles. The molecule has 5 heteroatoms. The summed E-state index contributed by atoms with van der Waals surface area (Å²) in [5.74, 6) is 0.0217. The van der Waals surface area contributed by atoms with E-state index < -0.39 is 5.54 Å². The van der Waals surface area contributed by atoms with Crippen molar-refractivity contribution in [3.63, 3.8) is 0 Å². The van der Waals surface area contributed by atoms with Crippen LogP contribution in [0.1, 0.15) is 27.7 Å². The van der Waals surface area contributed by atoms with E-state index in [0.29, 0.717) is 12.6 Å². The molecule has 0 spiro atoms. The fraction of sp³-hybridized carbons (Fsp3) is 0.846. The zero-order valence-corrected chi connectivity index (χ0v) is 11.8. The third-order valence-electron chi connectivity index (χ3n) is 3.77. The number of rotatable bonds is 4. The lowest BCUT2D eigenvalue weighted by atomic mass is 9.90. The second kappa shape index (κ2) is 6.17.